The van der Waals surface area contributed by atoms with E-state index in [1.54, 1.807) is 12.1 Å². The molecule has 8 nitrogen and oxygen atoms in total. The summed E-state index contributed by atoms with van der Waals surface area (Å²) in [6.45, 7) is 10.9. The number of aromatic hydroxyl groups is 1. The van der Waals surface area contributed by atoms with E-state index in [0.29, 0.717) is 66.6 Å². The van der Waals surface area contributed by atoms with Crippen molar-refractivity contribution in [3.05, 3.63) is 29.8 Å². The number of phenolic OH excluding ortho intramolecular Hbond substituents is 1. The number of ether oxygens (including phenoxy) is 1. The number of hydrogen-bond acceptors (Lipinski definition) is 6. The second-order valence-electron chi connectivity index (χ2n) is 16.7. The first-order chi connectivity index (χ1) is 21.9. The van der Waals surface area contributed by atoms with E-state index in [1.165, 1.54) is 6.42 Å². The van der Waals surface area contributed by atoms with Crippen LogP contribution in [-0.4, -0.2) is 53.7 Å². The maximum absolute atomic E-state index is 14.4. The number of benzene rings is 1. The van der Waals surface area contributed by atoms with Crippen LogP contribution < -0.4 is 16.0 Å². The molecule has 46 heavy (non-hydrogen) atoms. The normalized spacial score (nSPS) is 44.5. The lowest BCUT2D eigenvalue weighted by atomic mass is 9.44. The van der Waals surface area contributed by atoms with Gasteiger partial charge < -0.3 is 20.5 Å². The van der Waals surface area contributed by atoms with E-state index in [2.05, 4.69) is 43.6 Å². The lowest BCUT2D eigenvalue weighted by molar-refractivity contribution is -0.160. The number of hydrogen-bond donors (Lipinski definition) is 4. The van der Waals surface area contributed by atoms with Crippen molar-refractivity contribution in [1.29, 1.82) is 0 Å². The molecule has 1 aromatic rings. The Hall–Kier alpha value is -2.45. The Balaban J connectivity index is 0.943. The van der Waals surface area contributed by atoms with Crippen LogP contribution in [0.5, 0.6) is 5.75 Å². The van der Waals surface area contributed by atoms with Gasteiger partial charge in [0.25, 0.3) is 0 Å². The zero-order valence-electron chi connectivity index (χ0n) is 28.3. The van der Waals surface area contributed by atoms with Gasteiger partial charge in [-0.3, -0.25) is 19.7 Å². The average molecular weight is 634 g/mol. The quantitative estimate of drug-likeness (QED) is 0.323. The second kappa shape index (κ2) is 11.9. The molecule has 2 aliphatic heterocycles. The highest BCUT2D eigenvalue weighted by atomic mass is 16.5. The molecule has 2 heterocycles. The molecule has 1 spiro atoms. The Morgan fingerprint density at radius 3 is 2.52 bits per heavy atom. The first-order valence-electron chi connectivity index (χ1n) is 18.2. The Morgan fingerprint density at radius 2 is 1.78 bits per heavy atom. The predicted molar refractivity (Wildman–Crippen MR) is 176 cm³/mol. The zero-order valence-corrected chi connectivity index (χ0v) is 28.3. The molecular weight excluding hydrogens is 578 g/mol. The van der Waals surface area contributed by atoms with Crippen molar-refractivity contribution in [1.82, 2.24) is 16.0 Å². The van der Waals surface area contributed by atoms with Gasteiger partial charge in [0.05, 0.1) is 6.10 Å². The Bertz CT molecular complexity index is 1340. The van der Waals surface area contributed by atoms with Gasteiger partial charge in [-0.05, 0) is 110 Å². The number of carbonyl (C=O) groups is 3. The second-order valence-corrected chi connectivity index (χ2v) is 16.7. The number of amides is 2. The van der Waals surface area contributed by atoms with Crippen molar-refractivity contribution in [2.24, 2.45) is 52.3 Å². The van der Waals surface area contributed by atoms with Crippen molar-refractivity contribution in [3.63, 3.8) is 0 Å². The largest absolute Gasteiger partial charge is 0.508 e. The van der Waals surface area contributed by atoms with Crippen molar-refractivity contribution in [3.8, 4) is 5.75 Å². The molecule has 0 radical (unpaired) electrons. The van der Waals surface area contributed by atoms with Gasteiger partial charge in [0, 0.05) is 42.8 Å². The minimum Gasteiger partial charge on any atom is -0.508 e. The maximum atomic E-state index is 14.4. The number of nitrogens with one attached hydrogen (secondary N) is 3. The van der Waals surface area contributed by atoms with E-state index in [4.69, 9.17) is 4.74 Å². The topological polar surface area (TPSA) is 117 Å². The molecule has 0 bridgehead atoms. The molecule has 12 atom stereocenters. The Morgan fingerprint density at radius 1 is 1.00 bits per heavy atom. The molecule has 4 aliphatic carbocycles. The number of Topliss-reactive ketones (excluding diaryl/α,β-unsaturated/α-hetero) is 1. The average Bonchev–Trinajstić information content (AvgIpc) is 3.47. The van der Waals surface area contributed by atoms with Gasteiger partial charge in [-0.25, -0.2) is 0 Å². The van der Waals surface area contributed by atoms with E-state index in [1.807, 2.05) is 12.1 Å². The van der Waals surface area contributed by atoms with Crippen LogP contribution in [0.3, 0.4) is 0 Å². The molecule has 1 aromatic carbocycles. The van der Waals surface area contributed by atoms with Crippen LogP contribution in [0.2, 0.25) is 0 Å². The smallest absolute Gasteiger partial charge is 0.229 e. The van der Waals surface area contributed by atoms with E-state index in [0.717, 1.165) is 57.1 Å². The lowest BCUT2D eigenvalue weighted by Gasteiger charge is -2.60. The van der Waals surface area contributed by atoms with Gasteiger partial charge in [-0.1, -0.05) is 39.8 Å². The number of phenols is 1. The van der Waals surface area contributed by atoms with Crippen LogP contribution in [0.4, 0.5) is 0 Å². The molecule has 8 heteroatoms. The van der Waals surface area contributed by atoms with Crippen LogP contribution in [0.25, 0.3) is 0 Å². The number of ketones is 1. The van der Waals surface area contributed by atoms with Gasteiger partial charge >= 0.3 is 0 Å². The molecule has 1 unspecified atom stereocenters. The van der Waals surface area contributed by atoms with Gasteiger partial charge in [-0.2, -0.15) is 0 Å². The van der Waals surface area contributed by atoms with E-state index >= 15 is 0 Å². The first kappa shape index (κ1) is 32.1. The highest BCUT2D eigenvalue weighted by Crippen LogP contribution is 2.70. The zero-order chi connectivity index (χ0) is 32.4. The summed E-state index contributed by atoms with van der Waals surface area (Å²) in [5.74, 6) is 3.40. The number of piperidine rings is 1. The van der Waals surface area contributed by atoms with Crippen LogP contribution in [0.1, 0.15) is 97.5 Å². The summed E-state index contributed by atoms with van der Waals surface area (Å²) in [6.07, 6.45) is 9.78. The summed E-state index contributed by atoms with van der Waals surface area (Å²) >= 11 is 0. The van der Waals surface area contributed by atoms with E-state index < -0.39 is 0 Å². The summed E-state index contributed by atoms with van der Waals surface area (Å²) in [6, 6.07) is 7.01. The number of fused-ring (bicyclic) bond motifs is 7. The first-order valence-corrected chi connectivity index (χ1v) is 18.2. The SMILES string of the molecule is C[C@@H]1CC[C@@]2(NC1)O[C@H]1C[C@H]3[C@@H]4CC[C@H]5CC(NC(=O)CC(=O)NCCc6ccc(O)cc6)CC[C@]5(C)[C@H]4CC(=O)[C@]3(C)[C@H]1[C@@H]2C. The summed E-state index contributed by atoms with van der Waals surface area (Å²) in [5.41, 5.74) is 0.580. The van der Waals surface area contributed by atoms with Gasteiger partial charge in [0.1, 0.15) is 23.7 Å². The van der Waals surface area contributed by atoms with Crippen LogP contribution in [-0.2, 0) is 25.5 Å². The molecule has 4 saturated carbocycles. The van der Waals surface area contributed by atoms with Gasteiger partial charge in [-0.15, -0.1) is 0 Å². The summed E-state index contributed by atoms with van der Waals surface area (Å²) in [4.78, 5) is 39.7. The molecular formula is C38H55N3O5. The van der Waals surface area contributed by atoms with Crippen molar-refractivity contribution in [2.45, 2.75) is 116 Å². The van der Waals surface area contributed by atoms with E-state index in [-0.39, 0.29) is 52.7 Å². The highest BCUT2D eigenvalue weighted by molar-refractivity contribution is 5.97. The maximum Gasteiger partial charge on any atom is 0.229 e. The molecule has 2 saturated heterocycles. The Kier molecular flexibility index (Phi) is 8.31. The molecule has 2 amide bonds. The fourth-order valence-corrected chi connectivity index (χ4v) is 11.8. The van der Waals surface area contributed by atoms with Crippen LogP contribution in [0, 0.1) is 52.3 Å². The molecule has 6 aliphatic rings. The summed E-state index contributed by atoms with van der Waals surface area (Å²) < 4.78 is 6.98. The monoisotopic (exact) mass is 633 g/mol. The third-order valence-corrected chi connectivity index (χ3v) is 14.4. The Labute approximate surface area is 274 Å². The molecule has 6 fully saturated rings. The fraction of sp³-hybridized carbons (Fsp3) is 0.763. The minimum atomic E-state index is -0.293. The van der Waals surface area contributed by atoms with Gasteiger partial charge in [0.15, 0.2) is 0 Å². The third kappa shape index (κ3) is 5.30. The van der Waals surface area contributed by atoms with Gasteiger partial charge in [0.2, 0.25) is 11.8 Å². The standard InChI is InChI=1S/C38H55N3O5/c1-22-11-15-38(40-21-22)23(2)35-31(46-38)18-30-28-10-7-25-17-26(12-14-36(25,3)29(28)19-32(43)37(30,35)4)41-34(45)20-33(44)39-16-13-24-5-8-27(42)9-6-24/h5-6,8-9,22-23,25-26,28-31,35,40,42H,7,10-21H2,1-4H3,(H,39,44)(H,41,45)/t22-,23+,25+,26?,28-,29+,30+,31+,35+,36+,37-,38-/m1/s1. The number of carbonyl (C=O) groups excluding carboxylic acids is 3. The van der Waals surface area contributed by atoms with E-state index in [9.17, 15) is 19.5 Å². The fourth-order valence-electron chi connectivity index (χ4n) is 11.8. The van der Waals surface area contributed by atoms with Crippen LogP contribution >= 0.6 is 0 Å². The highest BCUT2D eigenvalue weighted by Gasteiger charge is 2.71. The molecule has 0 aromatic heterocycles. The molecule has 252 valence electrons. The summed E-state index contributed by atoms with van der Waals surface area (Å²) in [5, 5.41) is 19.3. The minimum absolute atomic E-state index is 0.0819. The third-order valence-electron chi connectivity index (χ3n) is 14.4. The lowest BCUT2D eigenvalue weighted by Crippen LogP contribution is -2.60. The summed E-state index contributed by atoms with van der Waals surface area (Å²) in [7, 11) is 0. The molecule has 4 N–H and O–H groups in total. The van der Waals surface area contributed by atoms with Crippen molar-refractivity contribution in [2.75, 3.05) is 13.1 Å². The van der Waals surface area contributed by atoms with Crippen LogP contribution in [0.15, 0.2) is 24.3 Å². The van der Waals surface area contributed by atoms with Crippen molar-refractivity contribution < 1.29 is 24.2 Å². The molecule has 7 rings (SSSR count). The van der Waals surface area contributed by atoms with Crippen molar-refractivity contribution >= 4 is 17.6 Å². The predicted octanol–water partition coefficient (Wildman–Crippen LogP) is 5.12. The number of rotatable bonds is 6.